The summed E-state index contributed by atoms with van der Waals surface area (Å²) in [5.41, 5.74) is 2.71. The molecule has 1 aliphatic heterocycles. The Balaban J connectivity index is 1.36. The lowest BCUT2D eigenvalue weighted by Gasteiger charge is -2.36. The molecule has 0 bridgehead atoms. The Labute approximate surface area is 188 Å². The predicted octanol–water partition coefficient (Wildman–Crippen LogP) is 4.65. The lowest BCUT2D eigenvalue weighted by atomic mass is 10.2. The second-order valence-corrected chi connectivity index (χ2v) is 8.27. The van der Waals surface area contributed by atoms with Crippen molar-refractivity contribution in [2.24, 2.45) is 0 Å². The van der Waals surface area contributed by atoms with Gasteiger partial charge in [-0.05, 0) is 42.0 Å². The molecule has 4 aromatic rings. The Bertz CT molecular complexity index is 1220. The van der Waals surface area contributed by atoms with Gasteiger partial charge in [-0.2, -0.15) is 5.10 Å². The lowest BCUT2D eigenvalue weighted by molar-refractivity contribution is 0.624. The maximum Gasteiger partial charge on any atom is 0.163 e. The molecule has 5 rings (SSSR count). The standard InChI is InChI=1S/C22H19Cl2FN6/c23-16-2-1-15(20(24)11-16)13-31-22-19(12-28-31)21(26-14-27-22)30-9-7-29(8-10-30)18-5-3-17(25)4-6-18/h1-6,11-12,14H,7-10,13H2. The quantitative estimate of drug-likeness (QED) is 0.447. The Morgan fingerprint density at radius 2 is 1.65 bits per heavy atom. The number of hydrogen-bond donors (Lipinski definition) is 0. The van der Waals surface area contributed by atoms with Crippen LogP contribution in [0.15, 0.2) is 55.0 Å². The van der Waals surface area contributed by atoms with Crippen molar-refractivity contribution in [3.63, 3.8) is 0 Å². The Morgan fingerprint density at radius 1 is 0.903 bits per heavy atom. The zero-order chi connectivity index (χ0) is 21.4. The number of aromatic nitrogens is 4. The molecule has 158 valence electrons. The van der Waals surface area contributed by atoms with Crippen molar-refractivity contribution in [1.29, 1.82) is 0 Å². The van der Waals surface area contributed by atoms with Crippen LogP contribution in [-0.2, 0) is 6.54 Å². The van der Waals surface area contributed by atoms with Crippen LogP contribution in [0.2, 0.25) is 10.0 Å². The fraction of sp³-hybridized carbons (Fsp3) is 0.227. The van der Waals surface area contributed by atoms with Crippen molar-refractivity contribution in [3.05, 3.63) is 76.4 Å². The summed E-state index contributed by atoms with van der Waals surface area (Å²) in [4.78, 5) is 13.5. The molecule has 0 atom stereocenters. The second kappa shape index (κ2) is 8.32. The molecule has 0 saturated carbocycles. The lowest BCUT2D eigenvalue weighted by Crippen LogP contribution is -2.46. The third-order valence-electron chi connectivity index (χ3n) is 5.52. The smallest absolute Gasteiger partial charge is 0.163 e. The Morgan fingerprint density at radius 3 is 2.39 bits per heavy atom. The van der Waals surface area contributed by atoms with Crippen LogP contribution in [0.1, 0.15) is 5.56 Å². The summed E-state index contributed by atoms with van der Waals surface area (Å²) in [5.74, 6) is 0.653. The highest BCUT2D eigenvalue weighted by Gasteiger charge is 2.21. The summed E-state index contributed by atoms with van der Waals surface area (Å²) in [6.07, 6.45) is 3.38. The third kappa shape index (κ3) is 4.03. The van der Waals surface area contributed by atoms with Crippen LogP contribution in [0.25, 0.3) is 11.0 Å². The topological polar surface area (TPSA) is 50.1 Å². The molecule has 0 spiro atoms. The van der Waals surface area contributed by atoms with E-state index in [9.17, 15) is 4.39 Å². The van der Waals surface area contributed by atoms with E-state index >= 15 is 0 Å². The fourth-order valence-electron chi connectivity index (χ4n) is 3.89. The van der Waals surface area contributed by atoms with E-state index in [0.717, 1.165) is 54.3 Å². The van der Waals surface area contributed by atoms with Gasteiger partial charge in [0.15, 0.2) is 5.65 Å². The van der Waals surface area contributed by atoms with Crippen LogP contribution in [0.4, 0.5) is 15.9 Å². The molecular weight excluding hydrogens is 438 g/mol. The van der Waals surface area contributed by atoms with Gasteiger partial charge in [0.1, 0.15) is 18.0 Å². The van der Waals surface area contributed by atoms with Crippen LogP contribution >= 0.6 is 23.2 Å². The molecule has 2 aromatic heterocycles. The molecule has 31 heavy (non-hydrogen) atoms. The van der Waals surface area contributed by atoms with E-state index in [1.165, 1.54) is 12.1 Å². The van der Waals surface area contributed by atoms with E-state index in [4.69, 9.17) is 23.2 Å². The highest BCUT2D eigenvalue weighted by Crippen LogP contribution is 2.27. The molecule has 6 nitrogen and oxygen atoms in total. The van der Waals surface area contributed by atoms with Gasteiger partial charge in [-0.25, -0.2) is 19.0 Å². The van der Waals surface area contributed by atoms with Crippen LogP contribution in [0, 0.1) is 5.82 Å². The van der Waals surface area contributed by atoms with Crippen LogP contribution < -0.4 is 9.80 Å². The molecular formula is C22H19Cl2FN6. The van der Waals surface area contributed by atoms with Crippen LogP contribution in [0.5, 0.6) is 0 Å². The first-order valence-electron chi connectivity index (χ1n) is 9.94. The van der Waals surface area contributed by atoms with Crippen LogP contribution in [0.3, 0.4) is 0 Å². The number of rotatable bonds is 4. The minimum Gasteiger partial charge on any atom is -0.368 e. The Kier molecular flexibility index (Phi) is 5.38. The molecule has 2 aromatic carbocycles. The minimum absolute atomic E-state index is 0.220. The first-order chi connectivity index (χ1) is 15.1. The first-order valence-corrected chi connectivity index (χ1v) is 10.7. The molecule has 0 unspecified atom stereocenters. The zero-order valence-corrected chi connectivity index (χ0v) is 18.1. The second-order valence-electron chi connectivity index (χ2n) is 7.42. The molecule has 1 fully saturated rings. The summed E-state index contributed by atoms with van der Waals surface area (Å²) in [6.45, 7) is 3.75. The maximum absolute atomic E-state index is 13.2. The highest BCUT2D eigenvalue weighted by molar-refractivity contribution is 6.35. The van der Waals surface area contributed by atoms with E-state index in [0.29, 0.717) is 16.6 Å². The van der Waals surface area contributed by atoms with Gasteiger partial charge in [0.2, 0.25) is 0 Å². The summed E-state index contributed by atoms with van der Waals surface area (Å²) >= 11 is 12.3. The van der Waals surface area contributed by atoms with Gasteiger partial charge in [0.25, 0.3) is 0 Å². The van der Waals surface area contributed by atoms with E-state index in [1.54, 1.807) is 18.6 Å². The fourth-order valence-corrected chi connectivity index (χ4v) is 4.36. The molecule has 0 radical (unpaired) electrons. The van der Waals surface area contributed by atoms with Crippen molar-refractivity contribution in [2.75, 3.05) is 36.0 Å². The van der Waals surface area contributed by atoms with Gasteiger partial charge in [0.05, 0.1) is 18.1 Å². The summed E-state index contributed by atoms with van der Waals surface area (Å²) in [6, 6.07) is 12.1. The first kappa shape index (κ1) is 20.0. The zero-order valence-electron chi connectivity index (χ0n) is 16.5. The van der Waals surface area contributed by atoms with Gasteiger partial charge in [0, 0.05) is 41.9 Å². The largest absolute Gasteiger partial charge is 0.368 e. The monoisotopic (exact) mass is 456 g/mol. The number of hydrogen-bond acceptors (Lipinski definition) is 5. The van der Waals surface area contributed by atoms with Crippen molar-refractivity contribution in [3.8, 4) is 0 Å². The van der Waals surface area contributed by atoms with Gasteiger partial charge >= 0.3 is 0 Å². The molecule has 3 heterocycles. The molecule has 0 N–H and O–H groups in total. The average molecular weight is 457 g/mol. The normalized spacial score (nSPS) is 14.4. The van der Waals surface area contributed by atoms with Crippen molar-refractivity contribution in [1.82, 2.24) is 19.7 Å². The number of halogens is 3. The summed E-state index contributed by atoms with van der Waals surface area (Å²) < 4.78 is 15.0. The van der Waals surface area contributed by atoms with Gasteiger partial charge in [-0.1, -0.05) is 29.3 Å². The Hall–Kier alpha value is -2.90. The van der Waals surface area contributed by atoms with Gasteiger partial charge in [-0.15, -0.1) is 0 Å². The van der Waals surface area contributed by atoms with E-state index in [-0.39, 0.29) is 5.82 Å². The maximum atomic E-state index is 13.2. The van der Waals surface area contributed by atoms with Crippen molar-refractivity contribution >= 4 is 45.7 Å². The predicted molar refractivity (Wildman–Crippen MR) is 122 cm³/mol. The SMILES string of the molecule is Fc1ccc(N2CCN(c3ncnc4c3cnn4Cc3ccc(Cl)cc3Cl)CC2)cc1. The van der Waals surface area contributed by atoms with Crippen molar-refractivity contribution in [2.45, 2.75) is 6.54 Å². The number of benzene rings is 2. The van der Waals surface area contributed by atoms with E-state index in [1.807, 2.05) is 28.9 Å². The number of fused-ring (bicyclic) bond motifs is 1. The molecule has 1 saturated heterocycles. The third-order valence-corrected chi connectivity index (χ3v) is 6.11. The number of anilines is 2. The molecule has 9 heteroatoms. The molecule has 1 aliphatic rings. The molecule has 0 aliphatic carbocycles. The van der Waals surface area contributed by atoms with E-state index in [2.05, 4.69) is 24.9 Å². The summed E-state index contributed by atoms with van der Waals surface area (Å²) in [5, 5.41) is 6.64. The average Bonchev–Trinajstić information content (AvgIpc) is 3.19. The minimum atomic E-state index is -0.220. The van der Waals surface area contributed by atoms with Crippen LogP contribution in [-0.4, -0.2) is 45.9 Å². The van der Waals surface area contributed by atoms with Crippen molar-refractivity contribution < 1.29 is 4.39 Å². The highest BCUT2D eigenvalue weighted by atomic mass is 35.5. The van der Waals surface area contributed by atoms with Gasteiger partial charge in [-0.3, -0.25) is 0 Å². The van der Waals surface area contributed by atoms with Gasteiger partial charge < -0.3 is 9.80 Å². The van der Waals surface area contributed by atoms with E-state index < -0.39 is 0 Å². The molecule has 0 amide bonds. The summed E-state index contributed by atoms with van der Waals surface area (Å²) in [7, 11) is 0. The number of piperazine rings is 1. The number of nitrogens with zero attached hydrogens (tertiary/aromatic N) is 6.